The van der Waals surface area contributed by atoms with Crippen LogP contribution in [0.5, 0.6) is 0 Å². The van der Waals surface area contributed by atoms with Crippen LogP contribution in [-0.2, 0) is 11.2 Å². The third-order valence-electron chi connectivity index (χ3n) is 4.32. The molecule has 1 aliphatic rings. The van der Waals surface area contributed by atoms with Crippen molar-refractivity contribution in [3.8, 4) is 0 Å². The Morgan fingerprint density at radius 2 is 1.85 bits per heavy atom. The van der Waals surface area contributed by atoms with Gasteiger partial charge in [-0.05, 0) is 41.5 Å². The Kier molecular flexibility index (Phi) is 4.19. The Morgan fingerprint density at radius 1 is 1.04 bits per heavy atom. The van der Waals surface area contributed by atoms with Crippen LogP contribution in [0.25, 0.3) is 0 Å². The maximum absolute atomic E-state index is 12.5. The average Bonchev–Trinajstić information content (AvgIpc) is 2.69. The van der Waals surface area contributed by atoms with Crippen LogP contribution in [0.3, 0.4) is 0 Å². The van der Waals surface area contributed by atoms with Crippen molar-refractivity contribution in [2.24, 2.45) is 0 Å². The van der Waals surface area contributed by atoms with E-state index in [4.69, 9.17) is 4.74 Å². The van der Waals surface area contributed by atoms with E-state index >= 15 is 0 Å². The molecule has 0 bridgehead atoms. The van der Waals surface area contributed by atoms with Gasteiger partial charge in [0.2, 0.25) is 0 Å². The molecule has 0 spiro atoms. The maximum atomic E-state index is 12.5. The van der Waals surface area contributed by atoms with Crippen LogP contribution in [0.2, 0.25) is 0 Å². The third kappa shape index (κ3) is 3.19. The van der Waals surface area contributed by atoms with E-state index in [0.717, 1.165) is 11.1 Å². The minimum atomic E-state index is -0.364. The molecule has 3 aromatic rings. The zero-order valence-electron chi connectivity index (χ0n) is 13.9. The number of esters is 1. The molecule has 2 aromatic carbocycles. The number of aromatic nitrogens is 1. The molecule has 0 radical (unpaired) electrons. The molecule has 1 amide bonds. The molecule has 2 heterocycles. The molecule has 26 heavy (non-hydrogen) atoms. The molecule has 128 valence electrons. The second-order valence-electron chi connectivity index (χ2n) is 6.05. The molecule has 4 rings (SSSR count). The van der Waals surface area contributed by atoms with Crippen molar-refractivity contribution in [2.45, 2.75) is 12.5 Å². The number of nitrogens with one attached hydrogen (secondary N) is 1. The van der Waals surface area contributed by atoms with E-state index in [1.807, 2.05) is 30.3 Å². The molecule has 1 aliphatic heterocycles. The number of hydrogen-bond acceptors (Lipinski definition) is 4. The summed E-state index contributed by atoms with van der Waals surface area (Å²) in [5.74, 6) is -0.143. The van der Waals surface area contributed by atoms with Crippen molar-refractivity contribution in [1.29, 1.82) is 0 Å². The van der Waals surface area contributed by atoms with E-state index < -0.39 is 0 Å². The molecule has 1 N–H and O–H groups in total. The molecule has 1 aromatic heterocycles. The number of benzene rings is 2. The minimum absolute atomic E-state index is 0.262. The fourth-order valence-electron chi connectivity index (χ4n) is 3.02. The van der Waals surface area contributed by atoms with Crippen molar-refractivity contribution in [3.05, 3.63) is 95.2 Å². The van der Waals surface area contributed by atoms with Gasteiger partial charge in [0.1, 0.15) is 11.9 Å². The Bertz CT molecular complexity index is 956. The Labute approximate surface area is 150 Å². The van der Waals surface area contributed by atoms with E-state index in [1.54, 1.807) is 42.6 Å². The van der Waals surface area contributed by atoms with Crippen molar-refractivity contribution in [2.75, 3.05) is 5.32 Å². The molecular formula is C21H16N2O3. The first-order valence-corrected chi connectivity index (χ1v) is 8.32. The van der Waals surface area contributed by atoms with Gasteiger partial charge in [0.05, 0.1) is 5.56 Å². The van der Waals surface area contributed by atoms with E-state index in [0.29, 0.717) is 23.4 Å². The van der Waals surface area contributed by atoms with Gasteiger partial charge in [0, 0.05) is 18.2 Å². The number of ether oxygens (including phenoxy) is 1. The third-order valence-corrected chi connectivity index (χ3v) is 4.32. The predicted octanol–water partition coefficient (Wildman–Crippen LogP) is 3.79. The molecule has 0 saturated carbocycles. The zero-order valence-corrected chi connectivity index (χ0v) is 13.9. The zero-order chi connectivity index (χ0) is 17.9. The van der Waals surface area contributed by atoms with Crippen LogP contribution >= 0.6 is 0 Å². The summed E-state index contributed by atoms with van der Waals surface area (Å²) in [5.41, 5.74) is 2.74. The highest BCUT2D eigenvalue weighted by Crippen LogP contribution is 2.31. The van der Waals surface area contributed by atoms with Crippen LogP contribution in [-0.4, -0.2) is 16.9 Å². The lowest BCUT2D eigenvalue weighted by molar-refractivity contribution is 0.0252. The van der Waals surface area contributed by atoms with E-state index in [1.165, 1.54) is 0 Å². The topological polar surface area (TPSA) is 68.3 Å². The number of fused-ring (bicyclic) bond motifs is 1. The summed E-state index contributed by atoms with van der Waals surface area (Å²) in [6.07, 6.45) is 1.81. The van der Waals surface area contributed by atoms with Crippen LogP contribution in [0.15, 0.2) is 72.9 Å². The van der Waals surface area contributed by atoms with Crippen LogP contribution in [0.1, 0.15) is 37.9 Å². The lowest BCUT2D eigenvalue weighted by Gasteiger charge is -2.25. The monoisotopic (exact) mass is 344 g/mol. The number of hydrogen-bond donors (Lipinski definition) is 1. The largest absolute Gasteiger partial charge is 0.454 e. The standard InChI is InChI=1S/C21H16N2O3/c24-20(23-19-8-4-5-11-22-19)15-9-10-17-16(12-15)13-18(26-21(17)25)14-6-2-1-3-7-14/h1-12,18H,13H2,(H,22,23,24)/t18-/m0/s1. The number of carbonyl (C=O) groups is 2. The summed E-state index contributed by atoms with van der Waals surface area (Å²) in [7, 11) is 0. The summed E-state index contributed by atoms with van der Waals surface area (Å²) in [6, 6.07) is 19.9. The summed E-state index contributed by atoms with van der Waals surface area (Å²) < 4.78 is 5.55. The van der Waals surface area contributed by atoms with Gasteiger partial charge >= 0.3 is 5.97 Å². The van der Waals surface area contributed by atoms with Gasteiger partial charge in [0.15, 0.2) is 0 Å². The first kappa shape index (κ1) is 16.0. The summed E-state index contributed by atoms with van der Waals surface area (Å²) in [4.78, 5) is 28.9. The predicted molar refractivity (Wildman–Crippen MR) is 96.9 cm³/mol. The van der Waals surface area contributed by atoms with E-state index in [2.05, 4.69) is 10.3 Å². The Balaban J connectivity index is 1.60. The second kappa shape index (κ2) is 6.80. The number of nitrogens with zero attached hydrogens (tertiary/aromatic N) is 1. The first-order valence-electron chi connectivity index (χ1n) is 8.32. The number of cyclic esters (lactones) is 1. The van der Waals surface area contributed by atoms with Crippen LogP contribution in [0, 0.1) is 0 Å². The van der Waals surface area contributed by atoms with Gasteiger partial charge in [0.25, 0.3) is 5.91 Å². The van der Waals surface area contributed by atoms with Crippen molar-refractivity contribution >= 4 is 17.7 Å². The van der Waals surface area contributed by atoms with Crippen LogP contribution < -0.4 is 5.32 Å². The highest BCUT2D eigenvalue weighted by molar-refractivity contribution is 6.04. The molecule has 0 fully saturated rings. The number of pyridine rings is 1. The molecule has 0 unspecified atom stereocenters. The van der Waals surface area contributed by atoms with Gasteiger partial charge in [-0.25, -0.2) is 9.78 Å². The summed E-state index contributed by atoms with van der Waals surface area (Å²) in [6.45, 7) is 0. The Morgan fingerprint density at radius 3 is 2.62 bits per heavy atom. The molecule has 0 saturated heterocycles. The van der Waals surface area contributed by atoms with Gasteiger partial charge in [-0.3, -0.25) is 4.79 Å². The lowest BCUT2D eigenvalue weighted by Crippen LogP contribution is -2.23. The summed E-state index contributed by atoms with van der Waals surface area (Å²) in [5, 5.41) is 2.75. The molecule has 0 aliphatic carbocycles. The molecule has 5 nitrogen and oxygen atoms in total. The second-order valence-corrected chi connectivity index (χ2v) is 6.05. The van der Waals surface area contributed by atoms with E-state index in [-0.39, 0.29) is 18.0 Å². The average molecular weight is 344 g/mol. The quantitative estimate of drug-likeness (QED) is 0.734. The van der Waals surface area contributed by atoms with Gasteiger partial charge in [-0.1, -0.05) is 36.4 Å². The normalized spacial score (nSPS) is 15.7. The van der Waals surface area contributed by atoms with Crippen LogP contribution in [0.4, 0.5) is 5.82 Å². The molecule has 1 atom stereocenters. The summed E-state index contributed by atoms with van der Waals surface area (Å²) >= 11 is 0. The molecular weight excluding hydrogens is 328 g/mol. The SMILES string of the molecule is O=C(Nc1ccccn1)c1ccc2c(c1)C[C@@H](c1ccccc1)OC2=O. The highest BCUT2D eigenvalue weighted by Gasteiger charge is 2.28. The smallest absolute Gasteiger partial charge is 0.339 e. The van der Waals surface area contributed by atoms with Gasteiger partial charge in [-0.15, -0.1) is 0 Å². The van der Waals surface area contributed by atoms with Crippen molar-refractivity contribution < 1.29 is 14.3 Å². The highest BCUT2D eigenvalue weighted by atomic mass is 16.5. The minimum Gasteiger partial charge on any atom is -0.454 e. The number of anilines is 1. The maximum Gasteiger partial charge on any atom is 0.339 e. The van der Waals surface area contributed by atoms with Gasteiger partial charge in [-0.2, -0.15) is 0 Å². The van der Waals surface area contributed by atoms with Gasteiger partial charge < -0.3 is 10.1 Å². The fraction of sp³-hybridized carbons (Fsp3) is 0.0952. The number of rotatable bonds is 3. The lowest BCUT2D eigenvalue weighted by atomic mass is 9.93. The fourth-order valence-corrected chi connectivity index (χ4v) is 3.02. The number of amides is 1. The van der Waals surface area contributed by atoms with E-state index in [9.17, 15) is 9.59 Å². The number of carbonyl (C=O) groups excluding carboxylic acids is 2. The molecule has 5 heteroatoms. The van der Waals surface area contributed by atoms with Crippen molar-refractivity contribution in [3.63, 3.8) is 0 Å². The first-order chi connectivity index (χ1) is 12.7. The van der Waals surface area contributed by atoms with Crippen molar-refractivity contribution in [1.82, 2.24) is 4.98 Å². The Hall–Kier alpha value is -3.47.